The van der Waals surface area contributed by atoms with E-state index in [-0.39, 0.29) is 17.1 Å². The van der Waals surface area contributed by atoms with Gasteiger partial charge in [-0.2, -0.15) is 0 Å². The SMILES string of the molecule is CCOc1ccc(Cl)cc1/C=C\c1onc(C)c1[N+](=O)[O-]. The molecule has 0 aliphatic carbocycles. The van der Waals surface area contributed by atoms with Crippen LogP contribution in [0.2, 0.25) is 5.02 Å². The monoisotopic (exact) mass is 308 g/mol. The molecule has 0 saturated carbocycles. The minimum absolute atomic E-state index is 0.0833. The highest BCUT2D eigenvalue weighted by Crippen LogP contribution is 2.28. The molecule has 0 N–H and O–H groups in total. The molecule has 21 heavy (non-hydrogen) atoms. The zero-order valence-electron chi connectivity index (χ0n) is 11.5. The molecule has 1 aromatic carbocycles. The number of rotatable bonds is 5. The zero-order chi connectivity index (χ0) is 15.4. The highest BCUT2D eigenvalue weighted by Gasteiger charge is 2.22. The van der Waals surface area contributed by atoms with Crippen LogP contribution in [0.1, 0.15) is 23.9 Å². The first kappa shape index (κ1) is 15.1. The number of benzene rings is 1. The van der Waals surface area contributed by atoms with Crippen molar-refractivity contribution in [1.29, 1.82) is 0 Å². The average Bonchev–Trinajstić information content (AvgIpc) is 2.80. The van der Waals surface area contributed by atoms with Crippen LogP contribution in [0.15, 0.2) is 22.7 Å². The number of aromatic nitrogens is 1. The Morgan fingerprint density at radius 3 is 2.90 bits per heavy atom. The number of hydrogen-bond donors (Lipinski definition) is 0. The lowest BCUT2D eigenvalue weighted by Crippen LogP contribution is -1.93. The van der Waals surface area contributed by atoms with E-state index >= 15 is 0 Å². The van der Waals surface area contributed by atoms with Crippen molar-refractivity contribution in [3.63, 3.8) is 0 Å². The molecule has 0 spiro atoms. The second-order valence-electron chi connectivity index (χ2n) is 4.19. The third-order valence-electron chi connectivity index (χ3n) is 2.73. The van der Waals surface area contributed by atoms with Crippen LogP contribution in [0, 0.1) is 17.0 Å². The minimum atomic E-state index is -0.521. The van der Waals surface area contributed by atoms with Gasteiger partial charge in [-0.05, 0) is 44.2 Å². The molecule has 0 amide bonds. The third-order valence-corrected chi connectivity index (χ3v) is 2.96. The Morgan fingerprint density at radius 1 is 1.48 bits per heavy atom. The van der Waals surface area contributed by atoms with Gasteiger partial charge in [0.05, 0.1) is 11.5 Å². The van der Waals surface area contributed by atoms with Crippen molar-refractivity contribution in [2.75, 3.05) is 6.61 Å². The average molecular weight is 309 g/mol. The smallest absolute Gasteiger partial charge is 0.338 e. The van der Waals surface area contributed by atoms with Crippen LogP contribution in [0.4, 0.5) is 5.69 Å². The van der Waals surface area contributed by atoms with Crippen molar-refractivity contribution in [1.82, 2.24) is 5.16 Å². The van der Waals surface area contributed by atoms with Crippen molar-refractivity contribution < 1.29 is 14.2 Å². The molecule has 1 aromatic heterocycles. The van der Waals surface area contributed by atoms with Gasteiger partial charge in [0.25, 0.3) is 0 Å². The summed E-state index contributed by atoms with van der Waals surface area (Å²) in [5.74, 6) is 0.719. The van der Waals surface area contributed by atoms with Gasteiger partial charge >= 0.3 is 5.69 Å². The van der Waals surface area contributed by atoms with E-state index in [9.17, 15) is 10.1 Å². The normalized spacial score (nSPS) is 11.0. The van der Waals surface area contributed by atoms with Gasteiger partial charge in [0.1, 0.15) is 5.75 Å². The zero-order valence-corrected chi connectivity index (χ0v) is 12.3. The molecule has 0 aliphatic rings. The Morgan fingerprint density at radius 2 is 2.24 bits per heavy atom. The van der Waals surface area contributed by atoms with Gasteiger partial charge in [-0.1, -0.05) is 16.8 Å². The lowest BCUT2D eigenvalue weighted by molar-refractivity contribution is -0.386. The van der Waals surface area contributed by atoms with Crippen molar-refractivity contribution in [2.45, 2.75) is 13.8 Å². The first-order chi connectivity index (χ1) is 10.0. The summed E-state index contributed by atoms with van der Waals surface area (Å²) in [4.78, 5) is 10.4. The first-order valence-corrected chi connectivity index (χ1v) is 6.61. The van der Waals surface area contributed by atoms with Crippen molar-refractivity contribution in [3.05, 3.63) is 50.4 Å². The van der Waals surface area contributed by atoms with E-state index in [2.05, 4.69) is 5.16 Å². The minimum Gasteiger partial charge on any atom is -0.493 e. The highest BCUT2D eigenvalue weighted by molar-refractivity contribution is 6.30. The molecule has 0 saturated heterocycles. The first-order valence-electron chi connectivity index (χ1n) is 6.24. The van der Waals surface area contributed by atoms with E-state index in [0.717, 1.165) is 0 Å². The number of halogens is 1. The van der Waals surface area contributed by atoms with Crippen LogP contribution in [0.25, 0.3) is 12.2 Å². The molecule has 1 heterocycles. The molecule has 0 radical (unpaired) electrons. The molecule has 110 valence electrons. The summed E-state index contributed by atoms with van der Waals surface area (Å²) in [7, 11) is 0. The maximum absolute atomic E-state index is 11.0. The Balaban J connectivity index is 2.38. The number of hydrogen-bond acceptors (Lipinski definition) is 5. The molecular weight excluding hydrogens is 296 g/mol. The van der Waals surface area contributed by atoms with Gasteiger partial charge in [0.2, 0.25) is 5.76 Å². The molecule has 7 heteroatoms. The van der Waals surface area contributed by atoms with E-state index in [1.807, 2.05) is 6.92 Å². The van der Waals surface area contributed by atoms with Crippen LogP contribution in [0.3, 0.4) is 0 Å². The summed E-state index contributed by atoms with van der Waals surface area (Å²) in [6, 6.07) is 5.16. The topological polar surface area (TPSA) is 78.4 Å². The quantitative estimate of drug-likeness (QED) is 0.613. The Hall–Kier alpha value is -2.34. The lowest BCUT2D eigenvalue weighted by atomic mass is 10.1. The third kappa shape index (κ3) is 3.41. The van der Waals surface area contributed by atoms with Crippen molar-refractivity contribution >= 4 is 29.4 Å². The number of nitrogens with zero attached hydrogens (tertiary/aromatic N) is 2. The number of aryl methyl sites for hydroxylation is 1. The van der Waals surface area contributed by atoms with Crippen LogP contribution in [0.5, 0.6) is 5.75 Å². The molecule has 0 bridgehead atoms. The molecule has 0 unspecified atom stereocenters. The number of nitro groups is 1. The van der Waals surface area contributed by atoms with Crippen LogP contribution >= 0.6 is 11.6 Å². The molecule has 0 fully saturated rings. The standard InChI is InChI=1S/C14H13ClN2O4/c1-3-20-12-7-5-11(15)8-10(12)4-6-13-14(17(18)19)9(2)16-21-13/h4-8H,3H2,1-2H3/b6-4-. The van der Waals surface area contributed by atoms with Gasteiger partial charge in [-0.15, -0.1) is 0 Å². The van der Waals surface area contributed by atoms with E-state index in [4.69, 9.17) is 20.9 Å². The van der Waals surface area contributed by atoms with Crippen LogP contribution < -0.4 is 4.74 Å². The summed E-state index contributed by atoms with van der Waals surface area (Å²) in [5.41, 5.74) is 0.787. The Labute approximate surface area is 126 Å². The predicted molar refractivity (Wildman–Crippen MR) is 79.4 cm³/mol. The predicted octanol–water partition coefficient (Wildman–Crippen LogP) is 4.11. The number of ether oxygens (including phenoxy) is 1. The van der Waals surface area contributed by atoms with E-state index in [1.165, 1.54) is 13.0 Å². The molecule has 2 rings (SSSR count). The van der Waals surface area contributed by atoms with Gasteiger partial charge in [0.15, 0.2) is 5.69 Å². The second-order valence-corrected chi connectivity index (χ2v) is 4.62. The van der Waals surface area contributed by atoms with Gasteiger partial charge in [0, 0.05) is 10.6 Å². The van der Waals surface area contributed by atoms with Gasteiger partial charge in [-0.25, -0.2) is 0 Å². The Bertz CT molecular complexity index is 694. The fourth-order valence-electron chi connectivity index (χ4n) is 1.82. The van der Waals surface area contributed by atoms with Crippen LogP contribution in [-0.2, 0) is 0 Å². The van der Waals surface area contributed by atoms with Crippen LogP contribution in [-0.4, -0.2) is 16.7 Å². The van der Waals surface area contributed by atoms with Gasteiger partial charge < -0.3 is 9.26 Å². The van der Waals surface area contributed by atoms with Crippen molar-refractivity contribution in [3.8, 4) is 5.75 Å². The van der Waals surface area contributed by atoms with E-state index in [1.54, 1.807) is 24.3 Å². The summed E-state index contributed by atoms with van der Waals surface area (Å²) in [6.45, 7) is 3.89. The maximum atomic E-state index is 11.0. The summed E-state index contributed by atoms with van der Waals surface area (Å²) in [6.07, 6.45) is 3.12. The fourth-order valence-corrected chi connectivity index (χ4v) is 2.00. The fraction of sp³-hybridized carbons (Fsp3) is 0.214. The summed E-state index contributed by atoms with van der Waals surface area (Å²) >= 11 is 5.95. The lowest BCUT2D eigenvalue weighted by Gasteiger charge is -2.06. The van der Waals surface area contributed by atoms with Gasteiger partial charge in [-0.3, -0.25) is 10.1 Å². The Kier molecular flexibility index (Phi) is 4.59. The molecule has 0 atom stereocenters. The second kappa shape index (κ2) is 6.41. The molecular formula is C14H13ClN2O4. The van der Waals surface area contributed by atoms with E-state index < -0.39 is 4.92 Å². The summed E-state index contributed by atoms with van der Waals surface area (Å²) < 4.78 is 10.4. The van der Waals surface area contributed by atoms with E-state index in [0.29, 0.717) is 22.9 Å². The van der Waals surface area contributed by atoms with Crippen molar-refractivity contribution in [2.24, 2.45) is 0 Å². The molecule has 6 nitrogen and oxygen atoms in total. The maximum Gasteiger partial charge on any atom is 0.338 e. The molecule has 0 aliphatic heterocycles. The highest BCUT2D eigenvalue weighted by atomic mass is 35.5. The largest absolute Gasteiger partial charge is 0.493 e. The molecule has 2 aromatic rings. The summed E-state index contributed by atoms with van der Waals surface area (Å²) in [5, 5.41) is 15.1.